The highest BCUT2D eigenvalue weighted by Gasteiger charge is 2.23. The summed E-state index contributed by atoms with van der Waals surface area (Å²) in [6, 6.07) is 10.8. The molecule has 0 radical (unpaired) electrons. The number of nitro benzene ring substituents is 1. The number of phenols is 1. The van der Waals surface area contributed by atoms with E-state index < -0.39 is 40.3 Å². The summed E-state index contributed by atoms with van der Waals surface area (Å²) in [6.45, 7) is 0. The SMILES string of the molecule is NC(=O)[C@H](Cc1ccccc1)NC(=O)[C@@H](N)Cc1ccc(O)c([N+](=O)[O-])c1. The van der Waals surface area contributed by atoms with Crippen molar-refractivity contribution in [1.82, 2.24) is 5.32 Å². The Labute approximate surface area is 155 Å². The van der Waals surface area contributed by atoms with Crippen LogP contribution in [0.25, 0.3) is 0 Å². The van der Waals surface area contributed by atoms with Crippen molar-refractivity contribution in [2.24, 2.45) is 11.5 Å². The quantitative estimate of drug-likeness (QED) is 0.387. The molecule has 0 aliphatic rings. The maximum absolute atomic E-state index is 12.3. The molecular formula is C18H20N4O5. The van der Waals surface area contributed by atoms with Gasteiger partial charge in [0.05, 0.1) is 11.0 Å². The lowest BCUT2D eigenvalue weighted by atomic mass is 10.0. The highest BCUT2D eigenvalue weighted by Crippen LogP contribution is 2.26. The minimum atomic E-state index is -1.05. The van der Waals surface area contributed by atoms with Crippen molar-refractivity contribution in [3.63, 3.8) is 0 Å². The number of nitro groups is 1. The predicted molar refractivity (Wildman–Crippen MR) is 97.7 cm³/mol. The number of nitrogens with two attached hydrogens (primary N) is 2. The summed E-state index contributed by atoms with van der Waals surface area (Å²) in [5.74, 6) is -1.77. The van der Waals surface area contributed by atoms with Crippen LogP contribution in [0.4, 0.5) is 5.69 Å². The second-order valence-corrected chi connectivity index (χ2v) is 6.04. The van der Waals surface area contributed by atoms with Gasteiger partial charge in [0.15, 0.2) is 5.75 Å². The van der Waals surface area contributed by atoms with Gasteiger partial charge in [-0.1, -0.05) is 36.4 Å². The fourth-order valence-electron chi connectivity index (χ4n) is 2.54. The van der Waals surface area contributed by atoms with E-state index in [1.807, 2.05) is 6.07 Å². The highest BCUT2D eigenvalue weighted by molar-refractivity contribution is 5.89. The van der Waals surface area contributed by atoms with Gasteiger partial charge in [-0.05, 0) is 23.6 Å². The highest BCUT2D eigenvalue weighted by atomic mass is 16.6. The Kier molecular flexibility index (Phi) is 6.45. The van der Waals surface area contributed by atoms with E-state index in [1.54, 1.807) is 24.3 Å². The number of hydrogen-bond donors (Lipinski definition) is 4. The molecule has 2 rings (SSSR count). The van der Waals surface area contributed by atoms with E-state index in [0.29, 0.717) is 5.56 Å². The van der Waals surface area contributed by atoms with E-state index in [2.05, 4.69) is 5.32 Å². The summed E-state index contributed by atoms with van der Waals surface area (Å²) >= 11 is 0. The summed E-state index contributed by atoms with van der Waals surface area (Å²) in [5.41, 5.74) is 12.0. The number of phenolic OH excluding ortho intramolecular Hbond substituents is 1. The van der Waals surface area contributed by atoms with Crippen LogP contribution in [-0.2, 0) is 22.4 Å². The molecule has 2 amide bonds. The van der Waals surface area contributed by atoms with E-state index in [0.717, 1.165) is 11.6 Å². The molecule has 9 heteroatoms. The maximum Gasteiger partial charge on any atom is 0.310 e. The Morgan fingerprint density at radius 2 is 1.78 bits per heavy atom. The number of primary amides is 1. The average Bonchev–Trinajstić information content (AvgIpc) is 2.63. The molecule has 0 heterocycles. The van der Waals surface area contributed by atoms with Gasteiger partial charge in [-0.25, -0.2) is 0 Å². The number of aromatic hydroxyl groups is 1. The van der Waals surface area contributed by atoms with Crippen LogP contribution in [0, 0.1) is 10.1 Å². The number of benzene rings is 2. The zero-order valence-electron chi connectivity index (χ0n) is 14.4. The van der Waals surface area contributed by atoms with Crippen LogP contribution in [0.5, 0.6) is 5.75 Å². The van der Waals surface area contributed by atoms with Crippen LogP contribution in [0.15, 0.2) is 48.5 Å². The minimum Gasteiger partial charge on any atom is -0.502 e. The van der Waals surface area contributed by atoms with E-state index >= 15 is 0 Å². The van der Waals surface area contributed by atoms with Gasteiger partial charge in [-0.2, -0.15) is 0 Å². The van der Waals surface area contributed by atoms with Gasteiger partial charge in [0.1, 0.15) is 6.04 Å². The first-order valence-corrected chi connectivity index (χ1v) is 8.13. The lowest BCUT2D eigenvalue weighted by Crippen LogP contribution is -2.51. The van der Waals surface area contributed by atoms with Gasteiger partial charge in [0.25, 0.3) is 0 Å². The number of nitrogens with zero attached hydrogens (tertiary/aromatic N) is 1. The van der Waals surface area contributed by atoms with Gasteiger partial charge >= 0.3 is 5.69 Å². The molecule has 0 unspecified atom stereocenters. The first-order chi connectivity index (χ1) is 12.8. The normalized spacial score (nSPS) is 12.8. The van der Waals surface area contributed by atoms with Crippen LogP contribution in [0.3, 0.4) is 0 Å². The Morgan fingerprint density at radius 3 is 2.37 bits per heavy atom. The predicted octanol–water partition coefficient (Wildman–Crippen LogP) is 0.383. The van der Waals surface area contributed by atoms with Crippen molar-refractivity contribution in [1.29, 1.82) is 0 Å². The molecule has 0 aromatic heterocycles. The number of amides is 2. The molecular weight excluding hydrogens is 352 g/mol. The Morgan fingerprint density at radius 1 is 1.11 bits per heavy atom. The van der Waals surface area contributed by atoms with E-state index in [1.165, 1.54) is 12.1 Å². The number of nitrogens with one attached hydrogen (secondary N) is 1. The Balaban J connectivity index is 2.04. The van der Waals surface area contributed by atoms with Crippen LogP contribution < -0.4 is 16.8 Å². The first-order valence-electron chi connectivity index (χ1n) is 8.13. The van der Waals surface area contributed by atoms with Crippen molar-refractivity contribution >= 4 is 17.5 Å². The summed E-state index contributed by atoms with van der Waals surface area (Å²) in [7, 11) is 0. The number of carbonyl (C=O) groups excluding carboxylic acids is 2. The van der Waals surface area contributed by atoms with Crippen LogP contribution >= 0.6 is 0 Å². The molecule has 2 aromatic rings. The molecule has 0 aliphatic heterocycles. The lowest BCUT2D eigenvalue weighted by molar-refractivity contribution is -0.385. The smallest absolute Gasteiger partial charge is 0.310 e. The number of carbonyl (C=O) groups is 2. The largest absolute Gasteiger partial charge is 0.502 e. The van der Waals surface area contributed by atoms with Crippen LogP contribution in [0.2, 0.25) is 0 Å². The van der Waals surface area contributed by atoms with Crippen molar-refractivity contribution in [3.05, 3.63) is 69.8 Å². The minimum absolute atomic E-state index is 0.0101. The molecule has 2 atom stereocenters. The lowest BCUT2D eigenvalue weighted by Gasteiger charge is -2.19. The Bertz CT molecular complexity index is 841. The summed E-state index contributed by atoms with van der Waals surface area (Å²) < 4.78 is 0. The van der Waals surface area contributed by atoms with E-state index in [-0.39, 0.29) is 12.8 Å². The van der Waals surface area contributed by atoms with Crippen molar-refractivity contribution < 1.29 is 19.6 Å². The molecule has 0 aliphatic carbocycles. The van der Waals surface area contributed by atoms with Gasteiger partial charge in [-0.3, -0.25) is 19.7 Å². The molecule has 27 heavy (non-hydrogen) atoms. The monoisotopic (exact) mass is 372 g/mol. The fourth-order valence-corrected chi connectivity index (χ4v) is 2.54. The first kappa shape index (κ1) is 19.9. The molecule has 0 bridgehead atoms. The van der Waals surface area contributed by atoms with Gasteiger partial charge < -0.3 is 21.9 Å². The summed E-state index contributed by atoms with van der Waals surface area (Å²) in [4.78, 5) is 34.1. The molecule has 2 aromatic carbocycles. The second-order valence-electron chi connectivity index (χ2n) is 6.04. The van der Waals surface area contributed by atoms with Gasteiger partial charge in [0, 0.05) is 12.5 Å². The van der Waals surface area contributed by atoms with Crippen molar-refractivity contribution in [2.45, 2.75) is 24.9 Å². The third kappa shape index (κ3) is 5.51. The molecule has 0 fully saturated rings. The fraction of sp³-hybridized carbons (Fsp3) is 0.222. The molecule has 0 saturated carbocycles. The van der Waals surface area contributed by atoms with Crippen molar-refractivity contribution in [2.75, 3.05) is 0 Å². The van der Waals surface area contributed by atoms with Gasteiger partial charge in [0.2, 0.25) is 11.8 Å². The number of rotatable bonds is 8. The number of hydrogen-bond acceptors (Lipinski definition) is 6. The molecule has 9 nitrogen and oxygen atoms in total. The van der Waals surface area contributed by atoms with Crippen molar-refractivity contribution in [3.8, 4) is 5.75 Å². The average molecular weight is 372 g/mol. The standard InChI is InChI=1S/C18H20N4O5/c19-13(8-12-6-7-16(23)15(10-12)22(26)27)18(25)21-14(17(20)24)9-11-4-2-1-3-5-11/h1-7,10,13-14,23H,8-9,19H2,(H2,20,24)(H,21,25)/t13-,14-/m0/s1. The molecule has 6 N–H and O–H groups in total. The summed E-state index contributed by atoms with van der Waals surface area (Å²) in [6.07, 6.45) is 0.211. The van der Waals surface area contributed by atoms with E-state index in [9.17, 15) is 24.8 Å². The molecule has 0 spiro atoms. The topological polar surface area (TPSA) is 162 Å². The zero-order chi connectivity index (χ0) is 20.0. The molecule has 142 valence electrons. The van der Waals surface area contributed by atoms with E-state index in [4.69, 9.17) is 11.5 Å². The second kappa shape index (κ2) is 8.77. The Hall–Kier alpha value is -3.46. The summed E-state index contributed by atoms with van der Waals surface area (Å²) in [5, 5.41) is 22.8. The third-order valence-electron chi connectivity index (χ3n) is 3.97. The molecule has 0 saturated heterocycles. The maximum atomic E-state index is 12.3. The third-order valence-corrected chi connectivity index (χ3v) is 3.97. The van der Waals surface area contributed by atoms with Gasteiger partial charge in [-0.15, -0.1) is 0 Å². The zero-order valence-corrected chi connectivity index (χ0v) is 14.4. The van der Waals surface area contributed by atoms with Crippen LogP contribution in [0.1, 0.15) is 11.1 Å². The van der Waals surface area contributed by atoms with Crippen LogP contribution in [-0.4, -0.2) is 33.9 Å².